The highest BCUT2D eigenvalue weighted by molar-refractivity contribution is 5.94. The van der Waals surface area contributed by atoms with E-state index in [1.54, 1.807) is 0 Å². The Bertz CT molecular complexity index is 776. The first-order valence-corrected chi connectivity index (χ1v) is 8.85. The number of non-ortho nitro benzene ring substituents is 1. The zero-order valence-corrected chi connectivity index (χ0v) is 15.2. The Morgan fingerprint density at radius 1 is 1.04 bits per heavy atom. The van der Waals surface area contributed by atoms with Gasteiger partial charge in [-0.2, -0.15) is 0 Å². The molecule has 0 saturated heterocycles. The molecule has 0 radical (unpaired) electrons. The van der Waals surface area contributed by atoms with Crippen LogP contribution in [-0.2, 0) is 4.79 Å². The molecule has 0 aromatic heterocycles. The second-order valence-corrected chi connectivity index (χ2v) is 6.13. The van der Waals surface area contributed by atoms with Gasteiger partial charge in [-0.15, -0.1) is 0 Å². The summed E-state index contributed by atoms with van der Waals surface area (Å²) in [5.41, 5.74) is 1.43. The van der Waals surface area contributed by atoms with E-state index in [2.05, 4.69) is 17.6 Å². The molecule has 2 aromatic carbocycles. The molecule has 2 rings (SSSR count). The van der Waals surface area contributed by atoms with Gasteiger partial charge in [0.1, 0.15) is 0 Å². The number of nitro groups is 1. The molecule has 0 heterocycles. The molecule has 0 bridgehead atoms. The minimum absolute atomic E-state index is 0.0742. The van der Waals surface area contributed by atoms with Crippen LogP contribution >= 0.6 is 0 Å². The van der Waals surface area contributed by atoms with E-state index in [1.807, 2.05) is 30.3 Å². The number of hydrogen-bond acceptors (Lipinski definition) is 4. The standard InChI is InChI=1S/C20H23N3O4/c1-2-15(16-6-4-3-5-7-16)14-22-19(24)12-13-21-20(25)17-8-10-18(11-9-17)23(26)27/h3-11,15H,2,12-14H2,1H3,(H,21,25)(H,22,24). The van der Waals surface area contributed by atoms with Crippen LogP contribution in [0, 0.1) is 10.1 Å². The zero-order chi connectivity index (χ0) is 19.6. The van der Waals surface area contributed by atoms with Crippen molar-refractivity contribution < 1.29 is 14.5 Å². The third kappa shape index (κ3) is 6.22. The molecule has 0 fully saturated rings. The summed E-state index contributed by atoms with van der Waals surface area (Å²) in [6.45, 7) is 2.83. The number of carbonyl (C=O) groups is 2. The Labute approximate surface area is 157 Å². The maximum Gasteiger partial charge on any atom is 0.269 e. The monoisotopic (exact) mass is 369 g/mol. The average molecular weight is 369 g/mol. The predicted octanol–water partition coefficient (Wildman–Crippen LogP) is 3.02. The molecule has 2 N–H and O–H groups in total. The molecule has 0 saturated carbocycles. The SMILES string of the molecule is CCC(CNC(=O)CCNC(=O)c1ccc([N+](=O)[O-])cc1)c1ccccc1. The van der Waals surface area contributed by atoms with E-state index in [1.165, 1.54) is 29.8 Å². The number of hydrogen-bond donors (Lipinski definition) is 2. The van der Waals surface area contributed by atoms with E-state index in [0.717, 1.165) is 6.42 Å². The number of rotatable bonds is 9. The van der Waals surface area contributed by atoms with Gasteiger partial charge in [0.15, 0.2) is 0 Å². The van der Waals surface area contributed by atoms with Crippen LogP contribution < -0.4 is 10.6 Å². The summed E-state index contributed by atoms with van der Waals surface area (Å²) in [5, 5.41) is 16.2. The molecular formula is C20H23N3O4. The fraction of sp³-hybridized carbons (Fsp3) is 0.300. The molecule has 1 unspecified atom stereocenters. The van der Waals surface area contributed by atoms with E-state index < -0.39 is 4.92 Å². The highest BCUT2D eigenvalue weighted by atomic mass is 16.6. The van der Waals surface area contributed by atoms with Gasteiger partial charge in [0.25, 0.3) is 11.6 Å². The molecular weight excluding hydrogens is 346 g/mol. The number of benzene rings is 2. The molecule has 0 aliphatic carbocycles. The maximum absolute atomic E-state index is 12.0. The number of nitrogens with one attached hydrogen (secondary N) is 2. The van der Waals surface area contributed by atoms with Gasteiger partial charge in [-0.3, -0.25) is 19.7 Å². The van der Waals surface area contributed by atoms with Gasteiger partial charge in [-0.25, -0.2) is 0 Å². The number of amides is 2. The molecule has 27 heavy (non-hydrogen) atoms. The number of carbonyl (C=O) groups excluding carboxylic acids is 2. The van der Waals surface area contributed by atoms with Crippen molar-refractivity contribution in [1.29, 1.82) is 0 Å². The van der Waals surface area contributed by atoms with Crippen molar-refractivity contribution in [2.45, 2.75) is 25.7 Å². The van der Waals surface area contributed by atoms with Crippen molar-refractivity contribution in [2.24, 2.45) is 0 Å². The molecule has 0 aliphatic heterocycles. The molecule has 2 aromatic rings. The van der Waals surface area contributed by atoms with Crippen molar-refractivity contribution in [3.05, 3.63) is 75.8 Å². The Kier molecular flexibility index (Phi) is 7.49. The molecule has 1 atom stereocenters. The lowest BCUT2D eigenvalue weighted by molar-refractivity contribution is -0.384. The average Bonchev–Trinajstić information content (AvgIpc) is 2.69. The first-order valence-electron chi connectivity index (χ1n) is 8.85. The first-order chi connectivity index (χ1) is 13.0. The van der Waals surface area contributed by atoms with E-state index in [-0.39, 0.29) is 36.4 Å². The molecule has 7 heteroatoms. The summed E-state index contributed by atoms with van der Waals surface area (Å²) in [4.78, 5) is 34.1. The summed E-state index contributed by atoms with van der Waals surface area (Å²) in [6, 6.07) is 15.3. The summed E-state index contributed by atoms with van der Waals surface area (Å²) in [6.07, 6.45) is 1.09. The second kappa shape index (κ2) is 10.1. The zero-order valence-electron chi connectivity index (χ0n) is 15.2. The van der Waals surface area contributed by atoms with Gasteiger partial charge < -0.3 is 10.6 Å². The maximum atomic E-state index is 12.0. The Balaban J connectivity index is 1.73. The fourth-order valence-corrected chi connectivity index (χ4v) is 2.67. The van der Waals surface area contributed by atoms with Crippen LogP contribution in [0.5, 0.6) is 0 Å². The summed E-state index contributed by atoms with van der Waals surface area (Å²) in [7, 11) is 0. The molecule has 7 nitrogen and oxygen atoms in total. The molecule has 0 spiro atoms. The predicted molar refractivity (Wildman–Crippen MR) is 103 cm³/mol. The van der Waals surface area contributed by atoms with Crippen LogP contribution in [0.25, 0.3) is 0 Å². The smallest absolute Gasteiger partial charge is 0.269 e. The quantitative estimate of drug-likeness (QED) is 0.524. The lowest BCUT2D eigenvalue weighted by atomic mass is 9.96. The highest BCUT2D eigenvalue weighted by Gasteiger charge is 2.12. The van der Waals surface area contributed by atoms with Gasteiger partial charge in [0, 0.05) is 43.1 Å². The van der Waals surface area contributed by atoms with Crippen LogP contribution in [0.3, 0.4) is 0 Å². The van der Waals surface area contributed by atoms with Crippen molar-refractivity contribution in [3.8, 4) is 0 Å². The van der Waals surface area contributed by atoms with Gasteiger partial charge in [0.2, 0.25) is 5.91 Å². The van der Waals surface area contributed by atoms with Gasteiger partial charge in [-0.05, 0) is 24.1 Å². The summed E-state index contributed by atoms with van der Waals surface area (Å²) < 4.78 is 0. The third-order valence-corrected chi connectivity index (χ3v) is 4.29. The van der Waals surface area contributed by atoms with Crippen LogP contribution in [0.1, 0.15) is 41.6 Å². The largest absolute Gasteiger partial charge is 0.355 e. The normalized spacial score (nSPS) is 11.4. The van der Waals surface area contributed by atoms with Crippen molar-refractivity contribution in [3.63, 3.8) is 0 Å². The Morgan fingerprint density at radius 3 is 2.30 bits per heavy atom. The number of nitro benzene ring substituents is 1. The van der Waals surface area contributed by atoms with Crippen LogP contribution in [0.4, 0.5) is 5.69 Å². The summed E-state index contributed by atoms with van der Waals surface area (Å²) in [5.74, 6) is -0.244. The topological polar surface area (TPSA) is 101 Å². The molecule has 142 valence electrons. The van der Waals surface area contributed by atoms with Crippen LogP contribution in [0.2, 0.25) is 0 Å². The van der Waals surface area contributed by atoms with Crippen LogP contribution in [0.15, 0.2) is 54.6 Å². The fourth-order valence-electron chi connectivity index (χ4n) is 2.67. The van der Waals surface area contributed by atoms with Crippen LogP contribution in [-0.4, -0.2) is 29.8 Å². The minimum Gasteiger partial charge on any atom is -0.355 e. The van der Waals surface area contributed by atoms with Crippen molar-refractivity contribution >= 4 is 17.5 Å². The Morgan fingerprint density at radius 2 is 1.70 bits per heavy atom. The second-order valence-electron chi connectivity index (χ2n) is 6.13. The molecule has 2 amide bonds. The van der Waals surface area contributed by atoms with E-state index in [0.29, 0.717) is 12.1 Å². The minimum atomic E-state index is -0.523. The third-order valence-electron chi connectivity index (χ3n) is 4.29. The lowest BCUT2D eigenvalue weighted by Gasteiger charge is -2.16. The number of nitrogens with zero attached hydrogens (tertiary/aromatic N) is 1. The first kappa shape index (κ1) is 20.1. The van der Waals surface area contributed by atoms with E-state index in [4.69, 9.17) is 0 Å². The van der Waals surface area contributed by atoms with Gasteiger partial charge in [-0.1, -0.05) is 37.3 Å². The van der Waals surface area contributed by atoms with Crippen molar-refractivity contribution in [2.75, 3.05) is 13.1 Å². The molecule has 0 aliphatic rings. The highest BCUT2D eigenvalue weighted by Crippen LogP contribution is 2.17. The van der Waals surface area contributed by atoms with Gasteiger partial charge >= 0.3 is 0 Å². The van der Waals surface area contributed by atoms with E-state index >= 15 is 0 Å². The van der Waals surface area contributed by atoms with E-state index in [9.17, 15) is 19.7 Å². The van der Waals surface area contributed by atoms with Crippen molar-refractivity contribution in [1.82, 2.24) is 10.6 Å². The Hall–Kier alpha value is -3.22. The van der Waals surface area contributed by atoms with Gasteiger partial charge in [0.05, 0.1) is 4.92 Å². The summed E-state index contributed by atoms with van der Waals surface area (Å²) >= 11 is 0. The lowest BCUT2D eigenvalue weighted by Crippen LogP contribution is -2.32.